The fourth-order valence-electron chi connectivity index (χ4n) is 1.54. The summed E-state index contributed by atoms with van der Waals surface area (Å²) in [5.74, 6) is -1.58. The molecule has 1 aliphatic heterocycles. The first-order valence-electron chi connectivity index (χ1n) is 5.09. The molecule has 6 heteroatoms. The lowest BCUT2D eigenvalue weighted by atomic mass is 9.96. The number of Topliss-reactive ketones (excluding diaryl/α,β-unsaturated/α-hetero) is 1. The van der Waals surface area contributed by atoms with Crippen LogP contribution in [0, 0.1) is 5.92 Å². The highest BCUT2D eigenvalue weighted by Gasteiger charge is 2.35. The van der Waals surface area contributed by atoms with E-state index in [2.05, 4.69) is 0 Å². The van der Waals surface area contributed by atoms with Crippen molar-refractivity contribution in [3.8, 4) is 0 Å². The third-order valence-electron chi connectivity index (χ3n) is 2.31. The van der Waals surface area contributed by atoms with Gasteiger partial charge in [-0.2, -0.15) is 0 Å². The number of amides is 1. The second-order valence-corrected chi connectivity index (χ2v) is 4.29. The van der Waals surface area contributed by atoms with E-state index in [9.17, 15) is 14.4 Å². The van der Waals surface area contributed by atoms with Gasteiger partial charge in [0.15, 0.2) is 5.78 Å². The summed E-state index contributed by atoms with van der Waals surface area (Å²) in [6.45, 7) is 3.64. The van der Waals surface area contributed by atoms with Crippen molar-refractivity contribution in [3.63, 3.8) is 0 Å². The van der Waals surface area contributed by atoms with Crippen molar-refractivity contribution < 1.29 is 19.1 Å². The van der Waals surface area contributed by atoms with Crippen molar-refractivity contribution in [2.75, 3.05) is 13.1 Å². The first kappa shape index (κ1) is 13.0. The molecule has 90 valence electrons. The summed E-state index contributed by atoms with van der Waals surface area (Å²) >= 11 is 5.25. The molecule has 1 heterocycles. The van der Waals surface area contributed by atoms with E-state index in [4.69, 9.17) is 16.3 Å². The van der Waals surface area contributed by atoms with Gasteiger partial charge >= 0.3 is 11.3 Å². The predicted octanol–water partition coefficient (Wildman–Crippen LogP) is 1.19. The molecule has 5 nitrogen and oxygen atoms in total. The lowest BCUT2D eigenvalue weighted by molar-refractivity contribution is -0.156. The largest absolute Gasteiger partial charge is 0.462 e. The molecule has 0 aromatic rings. The van der Waals surface area contributed by atoms with E-state index in [0.717, 1.165) is 0 Å². The lowest BCUT2D eigenvalue weighted by Crippen LogP contribution is -2.45. The number of halogens is 1. The summed E-state index contributed by atoms with van der Waals surface area (Å²) in [7, 11) is 0. The van der Waals surface area contributed by atoms with Crippen molar-refractivity contribution in [2.45, 2.75) is 26.4 Å². The highest BCUT2D eigenvalue weighted by Crippen LogP contribution is 2.17. The Morgan fingerprint density at radius 3 is 2.56 bits per heavy atom. The van der Waals surface area contributed by atoms with Gasteiger partial charge in [0, 0.05) is 6.54 Å². The van der Waals surface area contributed by atoms with Gasteiger partial charge < -0.3 is 9.64 Å². The second-order valence-electron chi connectivity index (χ2n) is 3.97. The zero-order chi connectivity index (χ0) is 12.3. The minimum Gasteiger partial charge on any atom is -0.462 e. The fraction of sp³-hybridized carbons (Fsp3) is 0.700. The molecule has 1 aliphatic rings. The van der Waals surface area contributed by atoms with Gasteiger partial charge in [0.25, 0.3) is 0 Å². The summed E-state index contributed by atoms with van der Waals surface area (Å²) < 4.78 is 4.96. The number of ether oxygens (including phenoxy) is 1. The van der Waals surface area contributed by atoms with Crippen molar-refractivity contribution in [2.24, 2.45) is 5.92 Å². The van der Waals surface area contributed by atoms with Crippen LogP contribution in [0.4, 0.5) is 4.79 Å². The van der Waals surface area contributed by atoms with Crippen LogP contribution in [0.25, 0.3) is 0 Å². The summed E-state index contributed by atoms with van der Waals surface area (Å²) in [6, 6.07) is 0. The number of carbonyl (C=O) groups excluding carboxylic acids is 3. The van der Waals surface area contributed by atoms with Crippen LogP contribution < -0.4 is 0 Å². The van der Waals surface area contributed by atoms with Crippen molar-refractivity contribution >= 4 is 28.7 Å². The molecule has 0 bridgehead atoms. The number of piperidine rings is 1. The average Bonchev–Trinajstić information content (AvgIpc) is 2.15. The Morgan fingerprint density at radius 2 is 2.12 bits per heavy atom. The summed E-state index contributed by atoms with van der Waals surface area (Å²) in [6.07, 6.45) is 0.0380. The molecule has 0 spiro atoms. The van der Waals surface area contributed by atoms with E-state index in [1.54, 1.807) is 13.8 Å². The first-order chi connectivity index (χ1) is 7.41. The molecule has 16 heavy (non-hydrogen) atoms. The summed E-state index contributed by atoms with van der Waals surface area (Å²) in [5.41, 5.74) is 0. The molecule has 1 fully saturated rings. The molecule has 0 aliphatic carbocycles. The van der Waals surface area contributed by atoms with Crippen LogP contribution in [0.1, 0.15) is 20.3 Å². The standard InChI is InChI=1S/C10H14ClNO4/c1-6(2)16-9(14)7-3-4-12(10(11)15)5-8(7)13/h6-7H,3-5H2,1-2H3. The number of esters is 1. The molecular formula is C10H14ClNO4. The van der Waals surface area contributed by atoms with E-state index < -0.39 is 17.3 Å². The number of hydrogen-bond donors (Lipinski definition) is 0. The number of ketones is 1. The topological polar surface area (TPSA) is 63.7 Å². The van der Waals surface area contributed by atoms with Gasteiger partial charge in [0.1, 0.15) is 5.92 Å². The van der Waals surface area contributed by atoms with Crippen molar-refractivity contribution in [1.82, 2.24) is 4.90 Å². The maximum absolute atomic E-state index is 11.6. The number of likely N-dealkylation sites (tertiary alicyclic amines) is 1. The number of nitrogens with zero attached hydrogens (tertiary/aromatic N) is 1. The smallest absolute Gasteiger partial charge is 0.316 e. The molecule has 1 rings (SSSR count). The zero-order valence-corrected chi connectivity index (χ0v) is 9.99. The molecule has 0 radical (unpaired) electrons. The van der Waals surface area contributed by atoms with E-state index in [1.807, 2.05) is 0 Å². The zero-order valence-electron chi connectivity index (χ0n) is 9.23. The number of rotatable bonds is 2. The third kappa shape index (κ3) is 3.20. The fourth-order valence-corrected chi connectivity index (χ4v) is 1.68. The molecule has 1 saturated heterocycles. The Balaban J connectivity index is 2.57. The van der Waals surface area contributed by atoms with Crippen LogP contribution in [0.5, 0.6) is 0 Å². The SMILES string of the molecule is CC(C)OC(=O)C1CCN(C(=O)Cl)CC1=O. The number of carbonyl (C=O) groups is 3. The van der Waals surface area contributed by atoms with E-state index in [0.29, 0.717) is 6.54 Å². The second kappa shape index (κ2) is 5.30. The summed E-state index contributed by atoms with van der Waals surface area (Å²) in [4.78, 5) is 35.1. The first-order valence-corrected chi connectivity index (χ1v) is 5.47. The van der Waals surface area contributed by atoms with E-state index >= 15 is 0 Å². The van der Waals surface area contributed by atoms with Gasteiger partial charge in [-0.3, -0.25) is 14.4 Å². The minimum absolute atomic E-state index is 0.111. The Labute approximate surface area is 98.7 Å². The third-order valence-corrected chi connectivity index (χ3v) is 2.55. The highest BCUT2D eigenvalue weighted by atomic mass is 35.5. The molecule has 0 saturated carbocycles. The maximum Gasteiger partial charge on any atom is 0.316 e. The van der Waals surface area contributed by atoms with Crippen molar-refractivity contribution in [1.29, 1.82) is 0 Å². The Bertz CT molecular complexity index is 316. The normalized spacial score (nSPS) is 21.1. The van der Waals surface area contributed by atoms with Crippen LogP contribution in [0.15, 0.2) is 0 Å². The Morgan fingerprint density at radius 1 is 1.50 bits per heavy atom. The summed E-state index contributed by atoms with van der Waals surface area (Å²) in [5, 5.41) is -0.663. The highest BCUT2D eigenvalue weighted by molar-refractivity contribution is 6.62. The Hall–Kier alpha value is -1.10. The molecule has 1 amide bonds. The van der Waals surface area contributed by atoms with Gasteiger partial charge in [-0.05, 0) is 31.9 Å². The molecule has 0 aromatic heterocycles. The predicted molar refractivity (Wildman–Crippen MR) is 57.2 cm³/mol. The molecule has 0 N–H and O–H groups in total. The van der Waals surface area contributed by atoms with Crippen LogP contribution in [0.2, 0.25) is 0 Å². The van der Waals surface area contributed by atoms with Crippen molar-refractivity contribution in [3.05, 3.63) is 0 Å². The molecular weight excluding hydrogens is 234 g/mol. The van der Waals surface area contributed by atoms with Gasteiger partial charge in [-0.15, -0.1) is 0 Å². The van der Waals surface area contributed by atoms with Gasteiger partial charge in [0.05, 0.1) is 12.6 Å². The van der Waals surface area contributed by atoms with E-state index in [1.165, 1.54) is 4.90 Å². The van der Waals surface area contributed by atoms with Gasteiger partial charge in [-0.25, -0.2) is 0 Å². The minimum atomic E-state index is -0.755. The van der Waals surface area contributed by atoms with Crippen LogP contribution in [-0.4, -0.2) is 41.2 Å². The van der Waals surface area contributed by atoms with Gasteiger partial charge in [0.2, 0.25) is 0 Å². The monoisotopic (exact) mass is 247 g/mol. The molecule has 1 atom stereocenters. The Kier molecular flexibility index (Phi) is 4.29. The number of hydrogen-bond acceptors (Lipinski definition) is 4. The molecule has 1 unspecified atom stereocenters. The average molecular weight is 248 g/mol. The lowest BCUT2D eigenvalue weighted by Gasteiger charge is -2.28. The van der Waals surface area contributed by atoms with Crippen LogP contribution in [0.3, 0.4) is 0 Å². The van der Waals surface area contributed by atoms with Crippen LogP contribution in [-0.2, 0) is 14.3 Å². The molecule has 0 aromatic carbocycles. The van der Waals surface area contributed by atoms with Crippen LogP contribution >= 0.6 is 11.6 Å². The maximum atomic E-state index is 11.6. The van der Waals surface area contributed by atoms with Gasteiger partial charge in [-0.1, -0.05) is 0 Å². The van der Waals surface area contributed by atoms with E-state index in [-0.39, 0.29) is 24.9 Å². The quantitative estimate of drug-likeness (QED) is 0.318.